The molecule has 1 aromatic rings. The predicted octanol–water partition coefficient (Wildman–Crippen LogP) is 2.13. The largest absolute Gasteiger partial charge is 0.330 e. The maximum Gasteiger partial charge on any atom is 0.243 e. The van der Waals surface area contributed by atoms with Gasteiger partial charge in [-0.3, -0.25) is 0 Å². The zero-order chi connectivity index (χ0) is 14.8. The minimum absolute atomic E-state index is 0.0271. The molecule has 1 fully saturated rings. The lowest BCUT2D eigenvalue weighted by Gasteiger charge is -2.36. The monoisotopic (exact) mass is 296 g/mol. The number of nitrogens with zero attached hydrogens (tertiary/aromatic N) is 1. The minimum Gasteiger partial charge on any atom is -0.330 e. The molecule has 2 atom stereocenters. The number of sulfonamides is 1. The molecule has 1 aliphatic rings. The topological polar surface area (TPSA) is 63.4 Å². The molecule has 20 heavy (non-hydrogen) atoms. The highest BCUT2D eigenvalue weighted by molar-refractivity contribution is 7.89. The van der Waals surface area contributed by atoms with Crippen LogP contribution in [-0.4, -0.2) is 32.4 Å². The fraction of sp³-hybridized carbons (Fsp3) is 0.600. The lowest BCUT2D eigenvalue weighted by atomic mass is 9.85. The van der Waals surface area contributed by atoms with Crippen LogP contribution in [0.25, 0.3) is 0 Å². The van der Waals surface area contributed by atoms with E-state index in [4.69, 9.17) is 5.73 Å². The molecule has 1 aromatic carbocycles. The first kappa shape index (κ1) is 15.5. The number of nitrogens with two attached hydrogens (primary N) is 1. The van der Waals surface area contributed by atoms with E-state index in [9.17, 15) is 8.42 Å². The van der Waals surface area contributed by atoms with Crippen LogP contribution in [0, 0.1) is 12.8 Å². The number of benzene rings is 1. The van der Waals surface area contributed by atoms with Gasteiger partial charge >= 0.3 is 0 Å². The molecule has 2 rings (SSSR count). The Morgan fingerprint density at radius 1 is 1.30 bits per heavy atom. The average molecular weight is 296 g/mol. The van der Waals surface area contributed by atoms with Crippen molar-refractivity contribution in [1.82, 2.24) is 4.31 Å². The second-order valence-electron chi connectivity index (χ2n) is 5.69. The highest BCUT2D eigenvalue weighted by Gasteiger charge is 2.34. The summed E-state index contributed by atoms with van der Waals surface area (Å²) < 4.78 is 27.0. The van der Waals surface area contributed by atoms with Crippen LogP contribution in [0.4, 0.5) is 0 Å². The number of hydrogen-bond acceptors (Lipinski definition) is 3. The molecule has 5 heteroatoms. The van der Waals surface area contributed by atoms with E-state index in [1.165, 1.54) is 0 Å². The normalized spacial score (nSPS) is 24.0. The van der Waals surface area contributed by atoms with Crippen molar-refractivity contribution in [3.05, 3.63) is 29.8 Å². The summed E-state index contributed by atoms with van der Waals surface area (Å²) in [6.45, 7) is 2.46. The van der Waals surface area contributed by atoms with Gasteiger partial charge in [-0.15, -0.1) is 0 Å². The molecule has 0 aromatic heterocycles. The lowest BCUT2D eigenvalue weighted by Crippen LogP contribution is -2.45. The van der Waals surface area contributed by atoms with Crippen molar-refractivity contribution in [3.63, 3.8) is 0 Å². The Morgan fingerprint density at radius 3 is 2.65 bits per heavy atom. The molecule has 0 bridgehead atoms. The van der Waals surface area contributed by atoms with E-state index < -0.39 is 10.0 Å². The third-order valence-electron chi connectivity index (χ3n) is 4.31. The highest BCUT2D eigenvalue weighted by atomic mass is 32.2. The second kappa shape index (κ2) is 6.24. The van der Waals surface area contributed by atoms with Crippen molar-refractivity contribution in [2.45, 2.75) is 43.5 Å². The minimum atomic E-state index is -3.43. The van der Waals surface area contributed by atoms with Crippen LogP contribution in [0.2, 0.25) is 0 Å². The van der Waals surface area contributed by atoms with E-state index in [0.717, 1.165) is 31.2 Å². The van der Waals surface area contributed by atoms with Crippen LogP contribution in [0.1, 0.15) is 31.2 Å². The Labute approximate surface area is 122 Å². The fourth-order valence-corrected chi connectivity index (χ4v) is 4.61. The molecule has 0 amide bonds. The van der Waals surface area contributed by atoms with Gasteiger partial charge in [0, 0.05) is 13.1 Å². The Morgan fingerprint density at radius 2 is 2.00 bits per heavy atom. The third-order valence-corrected chi connectivity index (χ3v) is 6.18. The number of rotatable bonds is 4. The number of aryl methyl sites for hydroxylation is 1. The molecule has 0 spiro atoms. The van der Waals surface area contributed by atoms with Gasteiger partial charge in [-0.1, -0.05) is 25.0 Å². The molecule has 4 nitrogen and oxygen atoms in total. The molecule has 0 radical (unpaired) electrons. The Kier molecular flexibility index (Phi) is 4.83. The molecular weight excluding hydrogens is 272 g/mol. The molecule has 0 saturated heterocycles. The van der Waals surface area contributed by atoms with Crippen LogP contribution in [0.15, 0.2) is 29.2 Å². The van der Waals surface area contributed by atoms with Crippen LogP contribution in [0.5, 0.6) is 0 Å². The number of hydrogen-bond donors (Lipinski definition) is 1. The maximum atomic E-state index is 12.7. The van der Waals surface area contributed by atoms with Crippen molar-refractivity contribution < 1.29 is 8.42 Å². The molecule has 112 valence electrons. The highest BCUT2D eigenvalue weighted by Crippen LogP contribution is 2.30. The summed E-state index contributed by atoms with van der Waals surface area (Å²) in [7, 11) is -1.74. The van der Waals surface area contributed by atoms with Crippen molar-refractivity contribution >= 4 is 10.0 Å². The first-order chi connectivity index (χ1) is 9.46. The van der Waals surface area contributed by atoms with Gasteiger partial charge < -0.3 is 5.73 Å². The van der Waals surface area contributed by atoms with Crippen molar-refractivity contribution in [3.8, 4) is 0 Å². The average Bonchev–Trinajstić information content (AvgIpc) is 2.46. The van der Waals surface area contributed by atoms with E-state index in [0.29, 0.717) is 11.4 Å². The van der Waals surface area contributed by atoms with Crippen LogP contribution in [-0.2, 0) is 10.0 Å². The zero-order valence-electron chi connectivity index (χ0n) is 12.2. The molecule has 0 aliphatic heterocycles. The zero-order valence-corrected chi connectivity index (χ0v) is 13.1. The van der Waals surface area contributed by atoms with Crippen molar-refractivity contribution in [1.29, 1.82) is 0 Å². The van der Waals surface area contributed by atoms with Crippen molar-refractivity contribution in [2.75, 3.05) is 13.6 Å². The summed E-state index contributed by atoms with van der Waals surface area (Å²) in [5, 5.41) is 0. The van der Waals surface area contributed by atoms with Gasteiger partial charge in [-0.05, 0) is 49.9 Å². The van der Waals surface area contributed by atoms with Gasteiger partial charge in [0.25, 0.3) is 0 Å². The summed E-state index contributed by atoms with van der Waals surface area (Å²) in [4.78, 5) is 0.376. The van der Waals surface area contributed by atoms with Gasteiger partial charge in [-0.2, -0.15) is 4.31 Å². The third kappa shape index (κ3) is 3.05. The van der Waals surface area contributed by atoms with Gasteiger partial charge in [0.05, 0.1) is 4.90 Å². The van der Waals surface area contributed by atoms with E-state index in [1.54, 1.807) is 29.6 Å². The fourth-order valence-electron chi connectivity index (χ4n) is 3.06. The van der Waals surface area contributed by atoms with Gasteiger partial charge in [0.15, 0.2) is 0 Å². The van der Waals surface area contributed by atoms with Gasteiger partial charge in [-0.25, -0.2) is 8.42 Å². The summed E-state index contributed by atoms with van der Waals surface area (Å²) in [6, 6.07) is 7.12. The molecule has 1 aliphatic carbocycles. The molecule has 2 N–H and O–H groups in total. The van der Waals surface area contributed by atoms with Crippen LogP contribution in [0.3, 0.4) is 0 Å². The van der Waals surface area contributed by atoms with E-state index in [1.807, 2.05) is 13.0 Å². The van der Waals surface area contributed by atoms with Crippen molar-refractivity contribution in [2.24, 2.45) is 11.7 Å². The Balaban J connectivity index is 2.28. The summed E-state index contributed by atoms with van der Waals surface area (Å²) in [5.74, 6) is 0.272. The van der Waals surface area contributed by atoms with Gasteiger partial charge in [0.2, 0.25) is 10.0 Å². The van der Waals surface area contributed by atoms with Crippen LogP contribution >= 0.6 is 0 Å². The Hall–Kier alpha value is -0.910. The van der Waals surface area contributed by atoms with E-state index in [2.05, 4.69) is 0 Å². The smallest absolute Gasteiger partial charge is 0.243 e. The quantitative estimate of drug-likeness (QED) is 0.926. The van der Waals surface area contributed by atoms with Crippen LogP contribution < -0.4 is 5.73 Å². The summed E-state index contributed by atoms with van der Waals surface area (Å²) in [5.41, 5.74) is 6.77. The predicted molar refractivity (Wildman–Crippen MR) is 80.9 cm³/mol. The molecule has 1 saturated carbocycles. The SMILES string of the molecule is Cc1cccc(S(=O)(=O)N(C)C2CCCCC2CN)c1. The first-order valence-corrected chi connectivity index (χ1v) is 8.65. The summed E-state index contributed by atoms with van der Waals surface area (Å²) in [6.07, 6.45) is 4.16. The lowest BCUT2D eigenvalue weighted by molar-refractivity contribution is 0.204. The first-order valence-electron chi connectivity index (χ1n) is 7.21. The summed E-state index contributed by atoms with van der Waals surface area (Å²) >= 11 is 0. The van der Waals surface area contributed by atoms with Gasteiger partial charge in [0.1, 0.15) is 0 Å². The molecular formula is C15H24N2O2S. The molecule has 0 heterocycles. The standard InChI is InChI=1S/C15H24N2O2S/c1-12-6-5-8-14(10-12)20(18,19)17(2)15-9-4-3-7-13(15)11-16/h5-6,8,10,13,15H,3-4,7,9,11,16H2,1-2H3. The maximum absolute atomic E-state index is 12.7. The Bertz CT molecular complexity index is 557. The molecule has 2 unspecified atom stereocenters. The van der Waals surface area contributed by atoms with E-state index >= 15 is 0 Å². The second-order valence-corrected chi connectivity index (χ2v) is 7.68. The van der Waals surface area contributed by atoms with E-state index in [-0.39, 0.29) is 12.0 Å².